The highest BCUT2D eigenvalue weighted by molar-refractivity contribution is 9.10. The third kappa shape index (κ3) is 6.26. The summed E-state index contributed by atoms with van der Waals surface area (Å²) in [6.45, 7) is 1.77. The lowest BCUT2D eigenvalue weighted by Crippen LogP contribution is -2.38. The van der Waals surface area contributed by atoms with Crippen LogP contribution in [0.4, 0.5) is 10.5 Å². The Balaban J connectivity index is 1.40. The lowest BCUT2D eigenvalue weighted by Gasteiger charge is -2.12. The molecule has 0 atom stereocenters. The Morgan fingerprint density at radius 2 is 1.83 bits per heavy atom. The first-order valence-electron chi connectivity index (χ1n) is 10.8. The van der Waals surface area contributed by atoms with Gasteiger partial charge in [-0.15, -0.1) is 0 Å². The first kappa shape index (κ1) is 25.8. The van der Waals surface area contributed by atoms with E-state index in [1.807, 2.05) is 19.1 Å². The van der Waals surface area contributed by atoms with E-state index in [0.29, 0.717) is 31.5 Å². The number of rotatable bonds is 7. The molecular formula is C26H20BrCl2N3O4. The van der Waals surface area contributed by atoms with Gasteiger partial charge in [-0.2, -0.15) is 0 Å². The normalized spacial score (nSPS) is 14.2. The molecule has 4 rings (SSSR count). The average molecular weight is 589 g/mol. The molecule has 1 fully saturated rings. The minimum Gasteiger partial charge on any atom is -0.488 e. The maximum atomic E-state index is 12.8. The van der Waals surface area contributed by atoms with Crippen molar-refractivity contribution in [2.24, 2.45) is 0 Å². The van der Waals surface area contributed by atoms with Crippen LogP contribution in [0.2, 0.25) is 10.0 Å². The number of anilines is 1. The van der Waals surface area contributed by atoms with E-state index in [2.05, 4.69) is 26.6 Å². The molecule has 0 saturated carbocycles. The number of nitrogens with one attached hydrogen (secondary N) is 2. The van der Waals surface area contributed by atoms with Gasteiger partial charge in [-0.3, -0.25) is 9.59 Å². The van der Waals surface area contributed by atoms with E-state index in [4.69, 9.17) is 27.9 Å². The fourth-order valence-corrected chi connectivity index (χ4v) is 4.36. The third-order valence-electron chi connectivity index (χ3n) is 5.26. The fourth-order valence-electron chi connectivity index (χ4n) is 3.38. The number of benzene rings is 3. The van der Waals surface area contributed by atoms with Gasteiger partial charge in [-0.25, -0.2) is 9.69 Å². The number of carbonyl (C=O) groups is 3. The molecule has 184 valence electrons. The van der Waals surface area contributed by atoms with Crippen molar-refractivity contribution in [2.45, 2.75) is 13.5 Å². The molecule has 0 spiro atoms. The topological polar surface area (TPSA) is 87.7 Å². The predicted molar refractivity (Wildman–Crippen MR) is 143 cm³/mol. The fraction of sp³-hybridized carbons (Fsp3) is 0.115. The highest BCUT2D eigenvalue weighted by atomic mass is 79.9. The van der Waals surface area contributed by atoms with Gasteiger partial charge in [0.25, 0.3) is 5.91 Å². The van der Waals surface area contributed by atoms with E-state index >= 15 is 0 Å². The Morgan fingerprint density at radius 1 is 1.08 bits per heavy atom. The molecule has 0 bridgehead atoms. The second-order valence-corrected chi connectivity index (χ2v) is 9.71. The van der Waals surface area contributed by atoms with Crippen molar-refractivity contribution in [2.75, 3.05) is 11.9 Å². The first-order chi connectivity index (χ1) is 17.2. The molecule has 10 heteroatoms. The number of carbonyl (C=O) groups excluding carboxylic acids is 3. The summed E-state index contributed by atoms with van der Waals surface area (Å²) in [5, 5.41) is 6.24. The van der Waals surface area contributed by atoms with Gasteiger partial charge in [0, 0.05) is 21.3 Å². The van der Waals surface area contributed by atoms with E-state index in [0.717, 1.165) is 16.0 Å². The number of urea groups is 1. The molecule has 7 nitrogen and oxygen atoms in total. The van der Waals surface area contributed by atoms with Crippen LogP contribution in [0.5, 0.6) is 5.75 Å². The highest BCUT2D eigenvalue weighted by Gasteiger charge is 2.34. The van der Waals surface area contributed by atoms with Crippen molar-refractivity contribution in [3.05, 3.63) is 97.6 Å². The summed E-state index contributed by atoms with van der Waals surface area (Å²) in [4.78, 5) is 38.3. The van der Waals surface area contributed by atoms with E-state index in [1.165, 1.54) is 6.08 Å². The molecule has 3 aromatic carbocycles. The minimum absolute atomic E-state index is 0.0663. The molecule has 4 amide bonds. The zero-order valence-corrected chi connectivity index (χ0v) is 22.1. The van der Waals surface area contributed by atoms with Gasteiger partial charge in [0.2, 0.25) is 5.91 Å². The summed E-state index contributed by atoms with van der Waals surface area (Å²) in [6, 6.07) is 16.9. The predicted octanol–water partition coefficient (Wildman–Crippen LogP) is 6.17. The van der Waals surface area contributed by atoms with E-state index in [9.17, 15) is 14.4 Å². The van der Waals surface area contributed by atoms with Gasteiger partial charge in [0.15, 0.2) is 0 Å². The Morgan fingerprint density at radius 3 is 2.53 bits per heavy atom. The van der Waals surface area contributed by atoms with Crippen LogP contribution in [0, 0.1) is 6.92 Å². The molecule has 1 saturated heterocycles. The maximum absolute atomic E-state index is 12.8. The Kier molecular flexibility index (Phi) is 7.98. The quantitative estimate of drug-likeness (QED) is 0.255. The molecule has 1 aliphatic rings. The monoisotopic (exact) mass is 587 g/mol. The number of amides is 4. The van der Waals surface area contributed by atoms with Crippen molar-refractivity contribution in [3.63, 3.8) is 0 Å². The standard InChI is InChI=1S/C26H20BrCl2N3O4/c1-15-2-7-19(8-3-15)30-24(33)13-32-25(34)22(31-26(32)35)11-16-4-9-23(20(27)10-16)36-14-17-5-6-18(28)12-21(17)29/h2-12H,13-14H2,1H3,(H,30,33)(H,31,35)/b22-11+. The number of ether oxygens (including phenoxy) is 1. The second-order valence-electron chi connectivity index (χ2n) is 8.01. The number of hydrogen-bond donors (Lipinski definition) is 2. The zero-order valence-electron chi connectivity index (χ0n) is 19.0. The zero-order chi connectivity index (χ0) is 25.8. The first-order valence-corrected chi connectivity index (χ1v) is 12.3. The Bertz CT molecular complexity index is 1380. The summed E-state index contributed by atoms with van der Waals surface area (Å²) < 4.78 is 6.48. The van der Waals surface area contributed by atoms with E-state index < -0.39 is 24.4 Å². The third-order valence-corrected chi connectivity index (χ3v) is 6.47. The number of halogens is 3. The SMILES string of the molecule is Cc1ccc(NC(=O)CN2C(=O)N/C(=C/c3ccc(OCc4ccc(Cl)cc4Cl)c(Br)c3)C2=O)cc1. The second kappa shape index (κ2) is 11.2. The van der Waals surface area contributed by atoms with Gasteiger partial charge in [0.1, 0.15) is 24.6 Å². The lowest BCUT2D eigenvalue weighted by atomic mass is 10.2. The van der Waals surface area contributed by atoms with Gasteiger partial charge in [0.05, 0.1) is 4.47 Å². The Labute approximate surface area is 226 Å². The van der Waals surface area contributed by atoms with Crippen molar-refractivity contribution >= 4 is 68.7 Å². The summed E-state index contributed by atoms with van der Waals surface area (Å²) in [5.74, 6) is -0.499. The molecule has 2 N–H and O–H groups in total. The van der Waals surface area contributed by atoms with Gasteiger partial charge in [-0.1, -0.05) is 53.0 Å². The number of hydrogen-bond acceptors (Lipinski definition) is 4. The molecule has 36 heavy (non-hydrogen) atoms. The van der Waals surface area contributed by atoms with Crippen molar-refractivity contribution in [1.82, 2.24) is 10.2 Å². The number of imide groups is 1. The maximum Gasteiger partial charge on any atom is 0.329 e. The summed E-state index contributed by atoms with van der Waals surface area (Å²) >= 11 is 15.6. The summed E-state index contributed by atoms with van der Waals surface area (Å²) in [6.07, 6.45) is 1.53. The van der Waals surface area contributed by atoms with Crippen LogP contribution >= 0.6 is 39.1 Å². The molecule has 0 radical (unpaired) electrons. The van der Waals surface area contributed by atoms with Crippen molar-refractivity contribution < 1.29 is 19.1 Å². The molecule has 0 aliphatic carbocycles. The highest BCUT2D eigenvalue weighted by Crippen LogP contribution is 2.29. The summed E-state index contributed by atoms with van der Waals surface area (Å²) in [7, 11) is 0. The molecular weight excluding hydrogens is 569 g/mol. The van der Waals surface area contributed by atoms with E-state index in [1.54, 1.807) is 48.5 Å². The minimum atomic E-state index is -0.663. The number of nitrogens with zero attached hydrogens (tertiary/aromatic N) is 1. The van der Waals surface area contributed by atoms with Crippen LogP contribution in [0.3, 0.4) is 0 Å². The van der Waals surface area contributed by atoms with Crippen molar-refractivity contribution in [3.8, 4) is 5.75 Å². The van der Waals surface area contributed by atoms with E-state index in [-0.39, 0.29) is 12.3 Å². The summed E-state index contributed by atoms with van der Waals surface area (Å²) in [5.41, 5.74) is 3.13. The van der Waals surface area contributed by atoms with Gasteiger partial charge >= 0.3 is 6.03 Å². The van der Waals surface area contributed by atoms with Gasteiger partial charge in [-0.05, 0) is 70.9 Å². The molecule has 1 aliphatic heterocycles. The van der Waals surface area contributed by atoms with Crippen LogP contribution in [0.25, 0.3) is 6.08 Å². The smallest absolute Gasteiger partial charge is 0.329 e. The average Bonchev–Trinajstić information content (AvgIpc) is 3.08. The van der Waals surface area contributed by atoms with Crippen LogP contribution in [0.15, 0.2) is 70.8 Å². The Hall–Kier alpha value is -3.33. The molecule has 0 unspecified atom stereocenters. The van der Waals surface area contributed by atoms with Crippen LogP contribution in [-0.2, 0) is 16.2 Å². The molecule has 0 aromatic heterocycles. The van der Waals surface area contributed by atoms with Crippen LogP contribution in [-0.4, -0.2) is 29.3 Å². The molecule has 1 heterocycles. The van der Waals surface area contributed by atoms with Crippen molar-refractivity contribution in [1.29, 1.82) is 0 Å². The number of aryl methyl sites for hydroxylation is 1. The largest absolute Gasteiger partial charge is 0.488 e. The van der Waals surface area contributed by atoms with Crippen LogP contribution in [0.1, 0.15) is 16.7 Å². The van der Waals surface area contributed by atoms with Crippen LogP contribution < -0.4 is 15.4 Å². The van der Waals surface area contributed by atoms with Gasteiger partial charge < -0.3 is 15.4 Å². The lowest BCUT2D eigenvalue weighted by molar-refractivity contribution is -0.127. The molecule has 3 aromatic rings.